The molecule has 27 heteroatoms. The number of ether oxygens (including phenoxy) is 1. The molecular weight excluding hydrogens is 979 g/mol. The van der Waals surface area contributed by atoms with E-state index >= 15 is 0 Å². The number of carbonyl (C=O) groups is 2. The van der Waals surface area contributed by atoms with Gasteiger partial charge in [-0.3, -0.25) is 23.2 Å². The molecule has 0 saturated carbocycles. The van der Waals surface area contributed by atoms with Crippen LogP contribution in [0, 0.1) is 25.7 Å². The maximum Gasteiger partial charge on any atom is 0.487 e. The molecule has 376 valence electrons. The molecule has 0 bridgehead atoms. The number of aryl methyl sites for hydroxylation is 2. The number of aliphatic hydroxyl groups is 2. The van der Waals surface area contributed by atoms with Crippen molar-refractivity contribution >= 4 is 57.8 Å². The number of aliphatic hydroxyl groups excluding tert-OH is 2. The van der Waals surface area contributed by atoms with Gasteiger partial charge in [-0.25, -0.2) is 23.2 Å². The van der Waals surface area contributed by atoms with E-state index < -0.39 is 60.3 Å². The highest BCUT2D eigenvalue weighted by atomic mass is 31.3. The molecule has 1 saturated heterocycles. The Bertz CT molecular complexity index is 3110. The number of nitrogens with one attached hydrogen (secondary N) is 3. The zero-order valence-corrected chi connectivity index (χ0v) is 41.0. The predicted octanol–water partition coefficient (Wildman–Crippen LogP) is 0.744. The van der Waals surface area contributed by atoms with Crippen LogP contribution in [-0.4, -0.2) is 109 Å². The molecule has 3 heterocycles. The van der Waals surface area contributed by atoms with Crippen molar-refractivity contribution in [2.24, 2.45) is 0 Å². The van der Waals surface area contributed by atoms with Gasteiger partial charge in [0, 0.05) is 72.1 Å². The van der Waals surface area contributed by atoms with Gasteiger partial charge in [0.25, 0.3) is 13.7 Å². The molecule has 2 amide bonds. The number of nitrogen functional groups attached to an aromatic ring is 1. The maximum absolute atomic E-state index is 14.2. The Labute approximate surface area is 399 Å². The maximum atomic E-state index is 14.2. The number of rotatable bonds is 18. The average Bonchev–Trinajstić information content (AvgIpc) is 3.55. The Kier molecular flexibility index (Phi) is 17.1. The smallest absolute Gasteiger partial charge is 0.487 e. The lowest BCUT2D eigenvalue weighted by Crippen LogP contribution is -2.76. The molecule has 6 rings (SSSR count). The van der Waals surface area contributed by atoms with Gasteiger partial charge in [0.15, 0.2) is 6.23 Å². The highest BCUT2D eigenvalue weighted by molar-refractivity contribution is 7.66. The normalized spacial score (nSPS) is 19.7. The summed E-state index contributed by atoms with van der Waals surface area (Å²) >= 11 is 0. The number of aromatic nitrogens is 2. The fraction of sp³-hybridized carbons (Fsp3) is 0.372. The summed E-state index contributed by atoms with van der Waals surface area (Å²) in [7, 11) is -15.8. The minimum Gasteiger partial charge on any atom is -0.756 e. The van der Waals surface area contributed by atoms with Crippen molar-refractivity contribution in [3.8, 4) is 34.3 Å². The Hall–Kier alpha value is -5.60. The van der Waals surface area contributed by atoms with Crippen molar-refractivity contribution in [3.63, 3.8) is 0 Å². The second-order valence-corrected chi connectivity index (χ2v) is 20.3. The average molecular weight is 1030 g/mol. The first kappa shape index (κ1) is 53.7. The van der Waals surface area contributed by atoms with Gasteiger partial charge in [0.05, 0.1) is 24.8 Å². The molecule has 0 spiro atoms. The largest absolute Gasteiger partial charge is 0.756 e. The lowest BCUT2D eigenvalue weighted by molar-refractivity contribution is -0.496. The Morgan fingerprint density at radius 3 is 2.44 bits per heavy atom. The molecule has 24 nitrogen and oxygen atoms in total. The molecule has 2 aliphatic heterocycles. The van der Waals surface area contributed by atoms with Crippen molar-refractivity contribution < 1.29 is 80.4 Å². The van der Waals surface area contributed by atoms with Crippen LogP contribution in [0.4, 0.5) is 11.5 Å². The Morgan fingerprint density at radius 1 is 1.01 bits per heavy atom. The van der Waals surface area contributed by atoms with Crippen LogP contribution in [0.1, 0.15) is 60.0 Å². The van der Waals surface area contributed by atoms with Crippen LogP contribution in [0.2, 0.25) is 0 Å². The van der Waals surface area contributed by atoms with Gasteiger partial charge in [-0.1, -0.05) is 30.0 Å². The third kappa shape index (κ3) is 13.0. The van der Waals surface area contributed by atoms with Crippen LogP contribution in [0.15, 0.2) is 63.9 Å². The molecule has 0 radical (unpaired) electrons. The van der Waals surface area contributed by atoms with E-state index in [9.17, 15) is 53.0 Å². The van der Waals surface area contributed by atoms with Gasteiger partial charge in [0.1, 0.15) is 42.0 Å². The van der Waals surface area contributed by atoms with Gasteiger partial charge in [-0.05, 0) is 63.4 Å². The van der Waals surface area contributed by atoms with Crippen molar-refractivity contribution in [1.29, 1.82) is 0 Å². The minimum absolute atomic E-state index is 0.0335. The highest BCUT2D eigenvalue weighted by Gasteiger charge is 2.46. The van der Waals surface area contributed by atoms with Crippen LogP contribution >= 0.6 is 23.5 Å². The number of fused-ring (bicyclic) bond motifs is 2. The zero-order chi connectivity index (χ0) is 51.3. The van der Waals surface area contributed by atoms with E-state index in [1.807, 2.05) is 52.0 Å². The van der Waals surface area contributed by atoms with E-state index in [2.05, 4.69) is 57.7 Å². The highest BCUT2D eigenvalue weighted by Crippen LogP contribution is 2.65. The molecule has 7 atom stereocenters. The summed E-state index contributed by atoms with van der Waals surface area (Å²) in [4.78, 5) is 86.8. The van der Waals surface area contributed by atoms with Crippen LogP contribution in [0.25, 0.3) is 33.4 Å². The first-order valence-corrected chi connectivity index (χ1v) is 26.0. The zero-order valence-electron chi connectivity index (χ0n) is 38.4. The molecule has 10 N–H and O–H groups in total. The van der Waals surface area contributed by atoms with E-state index in [4.69, 9.17) is 19.8 Å². The van der Waals surface area contributed by atoms with E-state index in [1.54, 1.807) is 24.1 Å². The summed E-state index contributed by atoms with van der Waals surface area (Å²) in [5.41, 5.74) is 11.2. The lowest BCUT2D eigenvalue weighted by atomic mass is 9.89. The summed E-state index contributed by atoms with van der Waals surface area (Å²) in [5, 5.41) is 29.0. The van der Waals surface area contributed by atoms with Crippen LogP contribution in [-0.2, 0) is 36.4 Å². The first-order valence-electron chi connectivity index (χ1n) is 21.5. The third-order valence-electron chi connectivity index (χ3n) is 10.8. The molecule has 2 aromatic carbocycles. The van der Waals surface area contributed by atoms with E-state index in [0.717, 1.165) is 63.5 Å². The fourth-order valence-corrected chi connectivity index (χ4v) is 10.6. The summed E-state index contributed by atoms with van der Waals surface area (Å²) < 4.78 is 58.7. The van der Waals surface area contributed by atoms with E-state index in [0.29, 0.717) is 27.9 Å². The van der Waals surface area contributed by atoms with Gasteiger partial charge in [-0.15, -0.1) is 0 Å². The number of hydrogen-bond acceptors (Lipinski definition) is 17. The number of phosphoric ester groups is 1. The third-order valence-corrected chi connectivity index (χ3v) is 14.6. The molecule has 1 fully saturated rings. The molecular formula is C43H52N7O17P3. The van der Waals surface area contributed by atoms with Crippen molar-refractivity contribution in [1.82, 2.24) is 19.8 Å². The number of amides is 2. The molecule has 1 aromatic heterocycles. The van der Waals surface area contributed by atoms with Crippen molar-refractivity contribution in [3.05, 3.63) is 92.8 Å². The number of benzene rings is 3. The van der Waals surface area contributed by atoms with Crippen LogP contribution in [0.5, 0.6) is 0 Å². The Balaban J connectivity index is 1.08. The number of hydrogen-bond donors (Lipinski definition) is 9. The summed E-state index contributed by atoms with van der Waals surface area (Å²) in [5.74, 6) is 4.99. The molecule has 3 unspecified atom stereocenters. The molecule has 1 aliphatic carbocycles. The molecule has 70 heavy (non-hydrogen) atoms. The Morgan fingerprint density at radius 2 is 1.74 bits per heavy atom. The summed E-state index contributed by atoms with van der Waals surface area (Å²) in [6.07, 6.45) is -5.88. The quantitative estimate of drug-likeness (QED) is 0.0332. The van der Waals surface area contributed by atoms with E-state index in [1.165, 1.54) is 0 Å². The fourth-order valence-electron chi connectivity index (χ4n) is 7.62. The lowest BCUT2D eigenvalue weighted by Gasteiger charge is -2.22. The second kappa shape index (κ2) is 22.2. The predicted molar refractivity (Wildman–Crippen MR) is 249 cm³/mol. The van der Waals surface area contributed by atoms with Crippen molar-refractivity contribution in [2.45, 2.75) is 65.1 Å². The van der Waals surface area contributed by atoms with Crippen LogP contribution < -0.4 is 37.3 Å². The molecule has 3 aromatic rings. The monoisotopic (exact) mass is 1030 g/mol. The first-order chi connectivity index (χ1) is 32.9. The number of nitrogens with zero attached hydrogens (tertiary/aromatic N) is 3. The number of phosphoric acid groups is 3. The van der Waals surface area contributed by atoms with Gasteiger partial charge < -0.3 is 60.2 Å². The van der Waals surface area contributed by atoms with Gasteiger partial charge >= 0.3 is 21.3 Å². The number of anilines is 2. The summed E-state index contributed by atoms with van der Waals surface area (Å²) in [6, 6.07) is 15.5. The van der Waals surface area contributed by atoms with Crippen molar-refractivity contribution in [2.75, 3.05) is 50.9 Å². The number of carbonyl (C=O) groups excluding carboxylic acids is 2. The number of nitrogens with two attached hydrogens (primary N) is 1. The van der Waals surface area contributed by atoms with Gasteiger partial charge in [-0.2, -0.15) is 9.29 Å². The molecule has 3 aliphatic rings. The second-order valence-electron chi connectivity index (χ2n) is 16.0. The summed E-state index contributed by atoms with van der Waals surface area (Å²) in [6.45, 7) is 8.43. The minimum atomic E-state index is -5.91. The standard InChI is InChI=1S/C43H52N7O17P3/c1-6-45-31-20-33-29(18-24(31)3)37(30-19-25(4)32(46-7-2)21-34(30)64-33)27-13-8-9-14-28(27)41(54)49(5)17-11-15-36(51)47-16-10-12-26-22-50(43(55)48-40(26)44)42-39(53)38(52)35(65-42)23-63-69(59,60)67-70(61,62)66-68(56,57)58/h8-9,13-14,18-22,35,38-39,42,45,52-53H,6-7,11,15-17,23H2,1-5H3,(H,47,51)(H,59,60)(H,61,62)(H2,44,48,55)(H2,56,57,58)/t35-,38-,39-,42-/m1/s1. The topological polar surface area (TPSA) is 362 Å². The SMILES string of the molecule is CCNc1cc2oc3cc(=[NH+]CC)c(C)cc-3c(-c3ccccc3C(=O)N(C)CCCC(=O)NCC#Cc3cn([C@@H]4O[C@H](COP(=O)(O)OP(=O)(O)OP(=O)([O-])O)[C@@H](O)[C@H]4O)c(=O)nc3N)c2cc1C. The van der Waals surface area contributed by atoms with Crippen LogP contribution in [0.3, 0.4) is 0 Å². The van der Waals surface area contributed by atoms with E-state index in [-0.39, 0.29) is 42.7 Å². The van der Waals surface area contributed by atoms with Gasteiger partial charge in [0.2, 0.25) is 11.3 Å².